The smallest absolute Gasteiger partial charge is 0.306 e. The summed E-state index contributed by atoms with van der Waals surface area (Å²) in [7, 11) is 1.92. The summed E-state index contributed by atoms with van der Waals surface area (Å²) >= 11 is 0. The van der Waals surface area contributed by atoms with Gasteiger partial charge in [-0.2, -0.15) is 0 Å². The Bertz CT molecular complexity index is 803. The zero-order valence-electron chi connectivity index (χ0n) is 33.2. The van der Waals surface area contributed by atoms with Gasteiger partial charge in [0.05, 0.1) is 0 Å². The van der Waals surface area contributed by atoms with Crippen LogP contribution in [0.25, 0.3) is 0 Å². The largest absolute Gasteiger partial charge is 0.462 e. The summed E-state index contributed by atoms with van der Waals surface area (Å²) < 4.78 is 6.05. The second kappa shape index (κ2) is 39.7. The van der Waals surface area contributed by atoms with E-state index in [4.69, 9.17) is 4.74 Å². The van der Waals surface area contributed by atoms with Gasteiger partial charge in [-0.3, -0.25) is 9.79 Å². The number of unbranched alkanes of at least 4 members (excludes halogenated alkanes) is 19. The highest BCUT2D eigenvalue weighted by atomic mass is 16.5. The van der Waals surface area contributed by atoms with Crippen LogP contribution in [-0.2, 0) is 14.3 Å². The number of hydrogen-bond acceptors (Lipinski definition) is 7. The zero-order chi connectivity index (χ0) is 36.6. The first kappa shape index (κ1) is 47.9. The van der Waals surface area contributed by atoms with Gasteiger partial charge in [0, 0.05) is 25.9 Å². The molecule has 0 aromatic heterocycles. The first-order valence-corrected chi connectivity index (χ1v) is 21.0. The monoisotopic (exact) mass is 704 g/mol. The maximum atomic E-state index is 12.8. The van der Waals surface area contributed by atoms with Gasteiger partial charge < -0.3 is 25.1 Å². The fraction of sp³-hybridized carbons (Fsp3) is 0.857. The number of aldehydes is 1. The first-order valence-electron chi connectivity index (χ1n) is 21.0. The molecular formula is C42H81N5O3. The van der Waals surface area contributed by atoms with E-state index in [1.54, 1.807) is 0 Å². The number of likely N-dealkylation sites (N-methyl/N-ethyl adjacent to an activating group) is 1. The summed E-state index contributed by atoms with van der Waals surface area (Å²) in [5.74, 6) is 0.844. The topological polar surface area (TPSA) is 95.4 Å². The number of hydrogen-bond donors (Lipinski definition) is 2. The van der Waals surface area contributed by atoms with Crippen molar-refractivity contribution in [1.82, 2.24) is 15.5 Å². The van der Waals surface area contributed by atoms with Crippen LogP contribution in [0.3, 0.4) is 0 Å². The van der Waals surface area contributed by atoms with Gasteiger partial charge in [-0.25, -0.2) is 4.99 Å². The van der Waals surface area contributed by atoms with Gasteiger partial charge in [0.2, 0.25) is 0 Å². The van der Waals surface area contributed by atoms with Gasteiger partial charge in [0.25, 0.3) is 0 Å². The van der Waals surface area contributed by atoms with Crippen LogP contribution in [0.15, 0.2) is 21.9 Å². The van der Waals surface area contributed by atoms with Gasteiger partial charge in [0.15, 0.2) is 0 Å². The maximum Gasteiger partial charge on any atom is 0.306 e. The summed E-state index contributed by atoms with van der Waals surface area (Å²) in [4.78, 5) is 34.0. The van der Waals surface area contributed by atoms with E-state index in [-0.39, 0.29) is 12.1 Å². The molecular weight excluding hydrogens is 622 g/mol. The van der Waals surface area contributed by atoms with Crippen LogP contribution in [0, 0.1) is 0 Å². The van der Waals surface area contributed by atoms with Crippen molar-refractivity contribution < 1.29 is 14.3 Å². The number of nitrogens with one attached hydrogen (secondary N) is 2. The van der Waals surface area contributed by atoms with E-state index >= 15 is 0 Å². The van der Waals surface area contributed by atoms with Gasteiger partial charge in [-0.15, -0.1) is 0 Å². The summed E-state index contributed by atoms with van der Waals surface area (Å²) in [5.41, 5.74) is 0. The molecule has 0 aromatic carbocycles. The fourth-order valence-electron chi connectivity index (χ4n) is 6.37. The quantitative estimate of drug-likeness (QED) is 0.0217. The van der Waals surface area contributed by atoms with Crippen LogP contribution >= 0.6 is 0 Å². The van der Waals surface area contributed by atoms with Crippen LogP contribution in [0.4, 0.5) is 0 Å². The molecule has 2 N–H and O–H groups in total. The van der Waals surface area contributed by atoms with Gasteiger partial charge in [-0.05, 0) is 97.3 Å². The Kier molecular flexibility index (Phi) is 38.1. The summed E-state index contributed by atoms with van der Waals surface area (Å²) in [6.45, 7) is 12.9. The van der Waals surface area contributed by atoms with Crippen LogP contribution in [-0.4, -0.2) is 76.1 Å². The van der Waals surface area contributed by atoms with Crippen LogP contribution in [0.5, 0.6) is 0 Å². The average molecular weight is 704 g/mol. The highest BCUT2D eigenvalue weighted by Gasteiger charge is 2.14. The van der Waals surface area contributed by atoms with Crippen molar-refractivity contribution in [2.45, 2.75) is 193 Å². The molecule has 0 aliphatic carbocycles. The Morgan fingerprint density at radius 3 is 1.80 bits per heavy atom. The lowest BCUT2D eigenvalue weighted by molar-refractivity contribution is -0.150. The molecule has 0 fully saturated rings. The molecule has 0 unspecified atom stereocenters. The van der Waals surface area contributed by atoms with E-state index in [0.717, 1.165) is 89.8 Å². The minimum Gasteiger partial charge on any atom is -0.462 e. The molecule has 8 heteroatoms. The van der Waals surface area contributed by atoms with Crippen LogP contribution in [0.1, 0.15) is 187 Å². The Morgan fingerprint density at radius 1 is 0.720 bits per heavy atom. The standard InChI is InChI=1S/C42H81N5O3/c1-5-7-9-11-16-22-29-40(30-23-17-12-10-8-6-2)50-42(49)31-24-18-15-20-26-36-47(35-25-19-13-14-21-27-38-48)37-28-33-45-41(32-34-43-3)46-39-44-4/h32,38-40,43,45H,4-31,33-37H2,1-3H3/b41-32-,46-39-. The van der Waals surface area contributed by atoms with Gasteiger partial charge >= 0.3 is 5.97 Å². The molecule has 50 heavy (non-hydrogen) atoms. The lowest BCUT2D eigenvalue weighted by atomic mass is 10.0. The predicted octanol–water partition coefficient (Wildman–Crippen LogP) is 10.4. The Morgan fingerprint density at radius 2 is 1.24 bits per heavy atom. The minimum absolute atomic E-state index is 0.0216. The number of carbonyl (C=O) groups excluding carboxylic acids is 2. The van der Waals surface area contributed by atoms with Crippen molar-refractivity contribution in [1.29, 1.82) is 0 Å². The first-order chi connectivity index (χ1) is 24.6. The number of aliphatic imine (C=N–C) groups is 2. The number of ether oxygens (including phenoxy) is 1. The van der Waals surface area contributed by atoms with E-state index in [1.807, 2.05) is 13.1 Å². The van der Waals surface area contributed by atoms with Crippen molar-refractivity contribution in [2.75, 3.05) is 39.8 Å². The second-order valence-corrected chi connectivity index (χ2v) is 14.2. The third-order valence-corrected chi connectivity index (χ3v) is 9.44. The third-order valence-electron chi connectivity index (χ3n) is 9.44. The molecule has 0 atom stereocenters. The van der Waals surface area contributed by atoms with E-state index in [1.165, 1.54) is 122 Å². The average Bonchev–Trinajstić information content (AvgIpc) is 3.12. The predicted molar refractivity (Wildman–Crippen MR) is 216 cm³/mol. The maximum absolute atomic E-state index is 12.8. The highest BCUT2D eigenvalue weighted by Crippen LogP contribution is 2.18. The molecule has 292 valence electrons. The molecule has 0 aliphatic rings. The molecule has 8 nitrogen and oxygen atoms in total. The van der Waals surface area contributed by atoms with Crippen LogP contribution in [0.2, 0.25) is 0 Å². The van der Waals surface area contributed by atoms with Crippen molar-refractivity contribution in [3.63, 3.8) is 0 Å². The van der Waals surface area contributed by atoms with Gasteiger partial charge in [-0.1, -0.05) is 117 Å². The molecule has 0 saturated carbocycles. The zero-order valence-corrected chi connectivity index (χ0v) is 33.2. The van der Waals surface area contributed by atoms with E-state index in [2.05, 4.69) is 46.1 Å². The Hall–Kier alpha value is -2.06. The number of nitrogens with zero attached hydrogens (tertiary/aromatic N) is 3. The molecule has 0 bridgehead atoms. The number of esters is 1. The molecule has 0 heterocycles. The normalized spacial score (nSPS) is 12.0. The van der Waals surface area contributed by atoms with Crippen molar-refractivity contribution >= 4 is 25.3 Å². The van der Waals surface area contributed by atoms with Crippen molar-refractivity contribution in [3.05, 3.63) is 11.9 Å². The SMILES string of the molecule is C=N/C=N\C(=C/CNC)NCCCN(CCCCCCCC=O)CCCCCCCC(=O)OC(CCCCCCCC)CCCCCCCC. The molecule has 0 rings (SSSR count). The lowest BCUT2D eigenvalue weighted by Crippen LogP contribution is -2.29. The Labute approximate surface area is 309 Å². The number of carbonyl (C=O) groups is 2. The summed E-state index contributed by atoms with van der Waals surface area (Å²) in [6.07, 6.45) is 35.8. The highest BCUT2D eigenvalue weighted by molar-refractivity contribution is 5.69. The third kappa shape index (κ3) is 34.4. The molecule has 0 aliphatic heterocycles. The van der Waals surface area contributed by atoms with Crippen molar-refractivity contribution in [3.8, 4) is 0 Å². The van der Waals surface area contributed by atoms with E-state index in [0.29, 0.717) is 12.8 Å². The number of rotatable bonds is 40. The van der Waals surface area contributed by atoms with Gasteiger partial charge in [0.1, 0.15) is 24.5 Å². The lowest BCUT2D eigenvalue weighted by Gasteiger charge is -2.22. The van der Waals surface area contributed by atoms with E-state index in [9.17, 15) is 9.59 Å². The second-order valence-electron chi connectivity index (χ2n) is 14.2. The molecule has 0 spiro atoms. The molecule has 0 saturated heterocycles. The summed E-state index contributed by atoms with van der Waals surface area (Å²) in [6, 6.07) is 0. The minimum atomic E-state index is 0.0216. The summed E-state index contributed by atoms with van der Waals surface area (Å²) in [5, 5.41) is 6.56. The molecule has 0 radical (unpaired) electrons. The van der Waals surface area contributed by atoms with Crippen LogP contribution < -0.4 is 10.6 Å². The molecule has 0 amide bonds. The Balaban J connectivity index is 4.52. The van der Waals surface area contributed by atoms with Crippen molar-refractivity contribution in [2.24, 2.45) is 9.98 Å². The molecule has 0 aromatic rings. The fourth-order valence-corrected chi connectivity index (χ4v) is 6.37. The van der Waals surface area contributed by atoms with E-state index < -0.39 is 0 Å².